The van der Waals surface area contributed by atoms with E-state index in [4.69, 9.17) is 0 Å². The maximum atomic E-state index is 13.7. The van der Waals surface area contributed by atoms with Gasteiger partial charge in [-0.2, -0.15) is 0 Å². The Morgan fingerprint density at radius 3 is 1.02 bits per heavy atom. The second-order valence-corrected chi connectivity index (χ2v) is 27.7. The van der Waals surface area contributed by atoms with E-state index in [1.807, 2.05) is 27.7 Å². The van der Waals surface area contributed by atoms with Crippen molar-refractivity contribution in [3.8, 4) is 0 Å². The molecule has 3 amide bonds. The number of carbonyl (C=O) groups is 3. The van der Waals surface area contributed by atoms with Gasteiger partial charge in [-0.1, -0.05) is 55.4 Å². The second kappa shape index (κ2) is 20.2. The van der Waals surface area contributed by atoms with E-state index < -0.39 is 23.5 Å². The maximum absolute atomic E-state index is 13.7. The summed E-state index contributed by atoms with van der Waals surface area (Å²) in [5.41, 5.74) is -1.45. The Kier molecular flexibility index (Phi) is 20.1. The first-order chi connectivity index (χ1) is 22.1. The van der Waals surface area contributed by atoms with Crippen LogP contribution in [-0.2, 0) is 14.4 Å². The van der Waals surface area contributed by atoms with Crippen molar-refractivity contribution in [1.82, 2.24) is 20.9 Å². The molecule has 0 aromatic heterocycles. The predicted molar refractivity (Wildman–Crippen MR) is 226 cm³/mol. The van der Waals surface area contributed by atoms with E-state index in [-0.39, 0.29) is 33.2 Å². The molecule has 2 unspecified atom stereocenters. The first-order valence-electron chi connectivity index (χ1n) is 19.3. The summed E-state index contributed by atoms with van der Waals surface area (Å²) in [6, 6.07) is 0. The summed E-state index contributed by atoms with van der Waals surface area (Å²) >= 11 is 0. The second-order valence-electron chi connectivity index (χ2n) is 19.2. The zero-order chi connectivity index (χ0) is 38.5. The van der Waals surface area contributed by atoms with Crippen LogP contribution in [-0.4, -0.2) is 95.8 Å². The Morgan fingerprint density at radius 1 is 0.510 bits per heavy atom. The Balaban J connectivity index is 5.64. The van der Waals surface area contributed by atoms with Gasteiger partial charge in [-0.15, -0.1) is 18.5 Å². The van der Waals surface area contributed by atoms with Gasteiger partial charge >= 0.3 is 193 Å². The first-order valence-corrected chi connectivity index (χ1v) is 23.0. The van der Waals surface area contributed by atoms with Crippen molar-refractivity contribution in [3.05, 3.63) is 0 Å². The number of hydrogen-bond donors (Lipinski definition) is 3. The van der Waals surface area contributed by atoms with Crippen LogP contribution in [0.3, 0.4) is 0 Å². The van der Waals surface area contributed by atoms with E-state index in [2.05, 4.69) is 115 Å². The van der Waals surface area contributed by atoms with E-state index in [0.717, 1.165) is 19.3 Å². The first kappa shape index (κ1) is 48.7. The minimum atomic E-state index is -1.59. The molecular weight excluding hydrogens is 665 g/mol. The van der Waals surface area contributed by atoms with Crippen molar-refractivity contribution in [2.24, 2.45) is 16.2 Å². The van der Waals surface area contributed by atoms with Crippen LogP contribution >= 0.6 is 25.7 Å². The number of nitrogens with one attached hydrogen (secondary N) is 3. The van der Waals surface area contributed by atoms with Gasteiger partial charge in [0.15, 0.2) is 0 Å². The Bertz CT molecular complexity index is 966. The van der Waals surface area contributed by atoms with E-state index >= 15 is 0 Å². The molecule has 292 valence electrons. The van der Waals surface area contributed by atoms with Gasteiger partial charge in [0.05, 0.1) is 0 Å². The van der Waals surface area contributed by atoms with Crippen molar-refractivity contribution < 1.29 is 14.4 Å². The summed E-state index contributed by atoms with van der Waals surface area (Å²) in [5, 5.41) is 9.69. The molecule has 0 saturated carbocycles. The molecule has 3 N–H and O–H groups in total. The van der Waals surface area contributed by atoms with Crippen LogP contribution in [0.4, 0.5) is 0 Å². The Hall–Kier alpha value is -0.340. The van der Waals surface area contributed by atoms with Gasteiger partial charge in [0.2, 0.25) is 0 Å². The number of rotatable bonds is 25. The van der Waals surface area contributed by atoms with Crippen molar-refractivity contribution in [1.29, 1.82) is 0 Å². The molecule has 49 heavy (non-hydrogen) atoms. The molecule has 0 bridgehead atoms. The van der Waals surface area contributed by atoms with Crippen molar-refractivity contribution in [2.75, 3.05) is 57.8 Å². The minimum Gasteiger partial charge on any atom is -0.275 e. The average Bonchev–Trinajstić information content (AvgIpc) is 2.89. The van der Waals surface area contributed by atoms with Gasteiger partial charge < -0.3 is 0 Å². The SMILES string of the molecule is CCC[PH](CCC)(CCC)C(C)(C)CC(C)(C)C(=O)NCCN(CCNC(=O)C(C)(C)CC(C)(C)P)CCNC(=O)C(C)(C)CC(C)(C)P. The van der Waals surface area contributed by atoms with Crippen LogP contribution in [0.1, 0.15) is 142 Å². The molecule has 0 aliphatic rings. The minimum absolute atomic E-state index is 0.0303. The summed E-state index contributed by atoms with van der Waals surface area (Å²) in [7, 11) is 4.09. The Labute approximate surface area is 309 Å². The normalized spacial score (nSPS) is 14.2. The molecule has 0 saturated heterocycles. The fraction of sp³-hybridized carbons (Fsp3) is 0.923. The van der Waals surface area contributed by atoms with Gasteiger partial charge in [-0.05, 0) is 23.2 Å². The molecule has 0 fully saturated rings. The van der Waals surface area contributed by atoms with Crippen molar-refractivity contribution in [2.45, 2.75) is 158 Å². The predicted octanol–water partition coefficient (Wildman–Crippen LogP) is 7.95. The zero-order valence-electron chi connectivity index (χ0n) is 34.9. The van der Waals surface area contributed by atoms with Gasteiger partial charge in [-0.25, -0.2) is 0 Å². The molecule has 0 aliphatic heterocycles. The fourth-order valence-corrected chi connectivity index (χ4v) is 16.2. The van der Waals surface area contributed by atoms with Gasteiger partial charge in [0.1, 0.15) is 0 Å². The van der Waals surface area contributed by atoms with Crippen LogP contribution in [0, 0.1) is 16.2 Å². The molecule has 0 rings (SSSR count). The molecule has 2 atom stereocenters. The topological polar surface area (TPSA) is 90.5 Å². The Morgan fingerprint density at radius 2 is 0.776 bits per heavy atom. The van der Waals surface area contributed by atoms with E-state index in [1.165, 1.54) is 37.7 Å². The average molecular weight is 749 g/mol. The molecular formula is C39H83N4O3P3. The van der Waals surface area contributed by atoms with Crippen LogP contribution in [0.15, 0.2) is 0 Å². The third-order valence-corrected chi connectivity index (χ3v) is 18.1. The molecule has 0 heterocycles. The van der Waals surface area contributed by atoms with Crippen LogP contribution < -0.4 is 16.0 Å². The van der Waals surface area contributed by atoms with E-state index in [1.54, 1.807) is 0 Å². The summed E-state index contributed by atoms with van der Waals surface area (Å²) in [6.07, 6.45) is 10.1. The molecule has 7 nitrogen and oxygen atoms in total. The fourth-order valence-electron chi connectivity index (χ4n) is 8.67. The molecule has 0 aromatic carbocycles. The third kappa shape index (κ3) is 17.8. The van der Waals surface area contributed by atoms with Crippen LogP contribution in [0.25, 0.3) is 0 Å². The third-order valence-electron chi connectivity index (χ3n) is 10.3. The molecule has 10 heteroatoms. The molecule has 0 radical (unpaired) electrons. The summed E-state index contributed by atoms with van der Waals surface area (Å²) in [5.74, 6) is 0.201. The quantitative estimate of drug-likeness (QED) is 0.0828. The van der Waals surface area contributed by atoms with Crippen LogP contribution in [0.5, 0.6) is 0 Å². The van der Waals surface area contributed by atoms with E-state index in [0.29, 0.717) is 39.3 Å². The van der Waals surface area contributed by atoms with Crippen molar-refractivity contribution in [3.63, 3.8) is 0 Å². The standard InChI is InChI=1S/C39H83N4O3P3/c1-16-25-49(26-17-2,27-18-3)39(14,15)30-36(8,9)33(46)42-21-24-43(22-19-40-31(44)34(4,5)28-37(10,11)47)23-20-41-32(45)35(6,7)29-38(12,13)48/h49H,16-30,47-48H2,1-15H3,(H,40,44)(H,41,45)(H,42,46). The van der Waals surface area contributed by atoms with Crippen molar-refractivity contribution >= 4 is 43.5 Å². The van der Waals surface area contributed by atoms with Gasteiger partial charge in [0.25, 0.3) is 0 Å². The monoisotopic (exact) mass is 749 g/mol. The number of carbonyl (C=O) groups excluding carboxylic acids is 3. The molecule has 0 aromatic rings. The van der Waals surface area contributed by atoms with Crippen LogP contribution in [0.2, 0.25) is 0 Å². The van der Waals surface area contributed by atoms with Gasteiger partial charge in [-0.3, -0.25) is 9.59 Å². The van der Waals surface area contributed by atoms with Gasteiger partial charge in [0, 0.05) is 10.8 Å². The number of amides is 3. The summed E-state index contributed by atoms with van der Waals surface area (Å²) < 4.78 is 0. The number of hydrogen-bond acceptors (Lipinski definition) is 4. The molecule has 0 spiro atoms. The van der Waals surface area contributed by atoms with E-state index in [9.17, 15) is 14.4 Å². The zero-order valence-corrected chi connectivity index (χ0v) is 38.2. The molecule has 0 aliphatic carbocycles. The number of nitrogens with zero attached hydrogens (tertiary/aromatic N) is 1. The summed E-state index contributed by atoms with van der Waals surface area (Å²) in [6.45, 7) is 36.0. The summed E-state index contributed by atoms with van der Waals surface area (Å²) in [4.78, 5) is 42.2. The smallest absolute Gasteiger partial charge is 0.275 e.